The summed E-state index contributed by atoms with van der Waals surface area (Å²) < 4.78 is 2.00. The van der Waals surface area contributed by atoms with Gasteiger partial charge in [-0.15, -0.1) is 10.2 Å². The largest absolute Gasteiger partial charge is 0.343 e. The first kappa shape index (κ1) is 13.7. The third kappa shape index (κ3) is 2.21. The van der Waals surface area contributed by atoms with Gasteiger partial charge in [-0.25, -0.2) is 4.98 Å². The number of fused-ring (bicyclic) bond motifs is 3. The number of nitrogens with zero attached hydrogens (tertiary/aromatic N) is 6. The van der Waals surface area contributed by atoms with Crippen molar-refractivity contribution in [2.45, 2.75) is 25.2 Å². The Labute approximate surface area is 131 Å². The van der Waals surface area contributed by atoms with E-state index in [2.05, 4.69) is 20.2 Å². The number of carbonyl (C=O) groups excluding carboxylic acids is 1. The summed E-state index contributed by atoms with van der Waals surface area (Å²) in [4.78, 5) is 21.3. The van der Waals surface area contributed by atoms with Crippen LogP contribution >= 0.6 is 0 Å². The molecule has 1 saturated heterocycles. The highest BCUT2D eigenvalue weighted by atomic mass is 16.2. The molecule has 0 radical (unpaired) electrons. The second-order valence-corrected chi connectivity index (χ2v) is 5.74. The van der Waals surface area contributed by atoms with Gasteiger partial charge >= 0.3 is 0 Å². The molecule has 0 aromatic carbocycles. The highest BCUT2D eigenvalue weighted by molar-refractivity contribution is 5.78. The molecule has 3 aromatic rings. The van der Waals surface area contributed by atoms with Gasteiger partial charge in [-0.2, -0.15) is 5.26 Å². The molecule has 8 nitrogen and oxygen atoms in total. The van der Waals surface area contributed by atoms with Crippen LogP contribution in [0.1, 0.15) is 31.0 Å². The van der Waals surface area contributed by atoms with Crippen LogP contribution in [0.3, 0.4) is 0 Å². The minimum absolute atomic E-state index is 0.0669. The summed E-state index contributed by atoms with van der Waals surface area (Å²) >= 11 is 0. The molecular weight excluding hydrogens is 294 g/mol. The number of H-pyrrole nitrogens is 1. The number of hydrogen-bond acceptors (Lipinski definition) is 5. The zero-order valence-corrected chi connectivity index (χ0v) is 12.4. The van der Waals surface area contributed by atoms with Gasteiger partial charge in [-0.1, -0.05) is 0 Å². The van der Waals surface area contributed by atoms with E-state index < -0.39 is 0 Å². The van der Waals surface area contributed by atoms with Crippen molar-refractivity contribution in [1.82, 2.24) is 29.5 Å². The first-order chi connectivity index (χ1) is 11.3. The zero-order valence-electron chi connectivity index (χ0n) is 12.4. The Morgan fingerprint density at radius 2 is 2.39 bits per heavy atom. The molecule has 1 aliphatic rings. The lowest BCUT2D eigenvalue weighted by Gasteiger charge is -2.31. The van der Waals surface area contributed by atoms with Crippen LogP contribution in [0.4, 0.5) is 0 Å². The highest BCUT2D eigenvalue weighted by Gasteiger charge is 2.28. The molecule has 4 heterocycles. The fraction of sp³-hybridized carbons (Fsp3) is 0.400. The maximum absolute atomic E-state index is 12.0. The Morgan fingerprint density at radius 1 is 1.48 bits per heavy atom. The number of nitrogens with one attached hydrogen (secondary N) is 1. The Kier molecular flexibility index (Phi) is 3.19. The fourth-order valence-corrected chi connectivity index (χ4v) is 3.27. The molecule has 0 saturated carbocycles. The summed E-state index contributed by atoms with van der Waals surface area (Å²) in [5.74, 6) is 0.926. The molecule has 1 N–H and O–H groups in total. The smallest absolute Gasteiger partial charge is 0.236 e. The number of aromatic nitrogens is 5. The van der Waals surface area contributed by atoms with Crippen molar-refractivity contribution in [3.8, 4) is 6.07 Å². The molecular formula is C15H15N7O. The van der Waals surface area contributed by atoms with E-state index >= 15 is 0 Å². The zero-order chi connectivity index (χ0) is 15.8. The summed E-state index contributed by atoms with van der Waals surface area (Å²) in [6, 6.07) is 3.88. The van der Waals surface area contributed by atoms with Crippen LogP contribution in [0.2, 0.25) is 0 Å². The van der Waals surface area contributed by atoms with Gasteiger partial charge in [0.15, 0.2) is 11.3 Å². The summed E-state index contributed by atoms with van der Waals surface area (Å²) in [5, 5.41) is 17.0. The average molecular weight is 309 g/mol. The van der Waals surface area contributed by atoms with Crippen LogP contribution in [0.5, 0.6) is 0 Å². The number of rotatable bonds is 2. The molecule has 1 fully saturated rings. The molecule has 0 aliphatic carbocycles. The number of piperidine rings is 1. The van der Waals surface area contributed by atoms with Gasteiger partial charge in [0.05, 0.1) is 17.8 Å². The molecule has 116 valence electrons. The lowest BCUT2D eigenvalue weighted by molar-refractivity contribution is -0.131. The van der Waals surface area contributed by atoms with E-state index in [1.54, 1.807) is 11.1 Å². The maximum atomic E-state index is 12.0. The van der Waals surface area contributed by atoms with Crippen LogP contribution in [-0.2, 0) is 4.79 Å². The van der Waals surface area contributed by atoms with Gasteiger partial charge in [-0.3, -0.25) is 9.20 Å². The lowest BCUT2D eigenvalue weighted by Crippen LogP contribution is -2.39. The molecule has 1 unspecified atom stereocenters. The summed E-state index contributed by atoms with van der Waals surface area (Å²) in [6.07, 6.45) is 5.34. The first-order valence-electron chi connectivity index (χ1n) is 7.60. The monoisotopic (exact) mass is 309 g/mol. The quantitative estimate of drug-likeness (QED) is 0.766. The van der Waals surface area contributed by atoms with E-state index in [4.69, 9.17) is 5.26 Å². The summed E-state index contributed by atoms with van der Waals surface area (Å²) in [5.41, 5.74) is 2.35. The number of aromatic amines is 1. The lowest BCUT2D eigenvalue weighted by atomic mass is 9.97. The number of nitriles is 1. The van der Waals surface area contributed by atoms with Crippen LogP contribution in [0.25, 0.3) is 16.8 Å². The fourth-order valence-electron chi connectivity index (χ4n) is 3.27. The van der Waals surface area contributed by atoms with Gasteiger partial charge in [0.2, 0.25) is 5.91 Å². The number of imidazole rings is 1. The molecule has 1 aliphatic heterocycles. The Hall–Kier alpha value is -2.95. The van der Waals surface area contributed by atoms with E-state index in [9.17, 15) is 4.79 Å². The molecule has 23 heavy (non-hydrogen) atoms. The van der Waals surface area contributed by atoms with E-state index in [-0.39, 0.29) is 18.2 Å². The number of hydrogen-bond donors (Lipinski definition) is 1. The molecule has 0 bridgehead atoms. The highest BCUT2D eigenvalue weighted by Crippen LogP contribution is 2.28. The van der Waals surface area contributed by atoms with Crippen molar-refractivity contribution in [2.24, 2.45) is 0 Å². The third-order valence-corrected chi connectivity index (χ3v) is 4.34. The predicted molar refractivity (Wildman–Crippen MR) is 81.4 cm³/mol. The van der Waals surface area contributed by atoms with E-state index in [1.165, 1.54) is 0 Å². The maximum Gasteiger partial charge on any atom is 0.236 e. The van der Waals surface area contributed by atoms with E-state index in [0.717, 1.165) is 24.2 Å². The number of carbonyl (C=O) groups is 1. The second kappa shape index (κ2) is 5.35. The van der Waals surface area contributed by atoms with Gasteiger partial charge in [0.1, 0.15) is 12.2 Å². The van der Waals surface area contributed by atoms with Crippen LogP contribution in [-0.4, -0.2) is 48.5 Å². The minimum atomic E-state index is -0.107. The molecule has 8 heteroatoms. The predicted octanol–water partition coefficient (Wildman–Crippen LogP) is 1.23. The summed E-state index contributed by atoms with van der Waals surface area (Å²) in [7, 11) is 0. The number of amides is 1. The first-order valence-corrected chi connectivity index (χ1v) is 7.60. The van der Waals surface area contributed by atoms with Crippen LogP contribution in [0, 0.1) is 11.3 Å². The topological polar surface area (TPSA) is 103 Å². The Bertz CT molecular complexity index is 919. The minimum Gasteiger partial charge on any atom is -0.343 e. The van der Waals surface area contributed by atoms with Crippen molar-refractivity contribution in [2.75, 3.05) is 13.1 Å². The molecule has 4 rings (SSSR count). The molecule has 1 atom stereocenters. The molecule has 3 aromatic heterocycles. The van der Waals surface area contributed by atoms with E-state index in [0.29, 0.717) is 24.4 Å². The average Bonchev–Trinajstić information content (AvgIpc) is 3.21. The molecule has 0 spiro atoms. The van der Waals surface area contributed by atoms with Crippen LogP contribution < -0.4 is 0 Å². The SMILES string of the molecule is N#CCC(=O)N1CCCC(c2ncc3nnc4[nH]ccc4n23)C1. The summed E-state index contributed by atoms with van der Waals surface area (Å²) in [6.45, 7) is 1.30. The van der Waals surface area contributed by atoms with Crippen molar-refractivity contribution in [1.29, 1.82) is 5.26 Å². The van der Waals surface area contributed by atoms with Gasteiger partial charge < -0.3 is 9.88 Å². The normalized spacial score (nSPS) is 18.4. The standard InChI is InChI=1S/C15H15N7O/c16-5-3-13(23)21-7-1-2-10(9-21)15-18-8-12-19-20-14-11(22(12)15)4-6-17-14/h4,6,8,10,17H,1-3,7,9H2. The second-order valence-electron chi connectivity index (χ2n) is 5.74. The Morgan fingerprint density at radius 3 is 3.26 bits per heavy atom. The Balaban J connectivity index is 1.72. The number of likely N-dealkylation sites (tertiary alicyclic amines) is 1. The third-order valence-electron chi connectivity index (χ3n) is 4.34. The van der Waals surface area contributed by atoms with Gasteiger partial charge in [0.25, 0.3) is 0 Å². The van der Waals surface area contributed by atoms with Crippen molar-refractivity contribution in [3.05, 3.63) is 24.3 Å². The van der Waals surface area contributed by atoms with Gasteiger partial charge in [0, 0.05) is 25.2 Å². The van der Waals surface area contributed by atoms with E-state index in [1.807, 2.05) is 22.7 Å². The van der Waals surface area contributed by atoms with Crippen molar-refractivity contribution >= 4 is 22.7 Å². The van der Waals surface area contributed by atoms with Crippen LogP contribution in [0.15, 0.2) is 18.5 Å². The van der Waals surface area contributed by atoms with Crippen molar-refractivity contribution < 1.29 is 4.79 Å². The van der Waals surface area contributed by atoms with Crippen molar-refractivity contribution in [3.63, 3.8) is 0 Å². The van der Waals surface area contributed by atoms with Gasteiger partial charge in [-0.05, 0) is 18.9 Å². The molecule has 1 amide bonds.